The van der Waals surface area contributed by atoms with Crippen molar-refractivity contribution in [1.29, 1.82) is 0 Å². The van der Waals surface area contributed by atoms with Crippen molar-refractivity contribution >= 4 is 17.6 Å². The Bertz CT molecular complexity index is 599. The number of aromatic carboxylic acids is 1. The van der Waals surface area contributed by atoms with Gasteiger partial charge in [0.2, 0.25) is 5.88 Å². The molecule has 0 radical (unpaired) electrons. The molecule has 0 aliphatic rings. The Kier molecular flexibility index (Phi) is 3.48. The Balaban J connectivity index is 2.54. The van der Waals surface area contributed by atoms with Crippen molar-refractivity contribution in [2.75, 3.05) is 7.11 Å². The summed E-state index contributed by atoms with van der Waals surface area (Å²) in [7, 11) is 1.52. The topological polar surface area (TPSA) is 59.4 Å². The monoisotopic (exact) mass is 263 g/mol. The third-order valence-electron chi connectivity index (χ3n) is 2.47. The van der Waals surface area contributed by atoms with E-state index in [9.17, 15) is 4.79 Å². The molecule has 2 rings (SSSR count). The average molecular weight is 264 g/mol. The van der Waals surface area contributed by atoms with Gasteiger partial charge in [0.1, 0.15) is 0 Å². The van der Waals surface area contributed by atoms with Gasteiger partial charge >= 0.3 is 5.97 Å². The number of methoxy groups -OCH3 is 1. The third kappa shape index (κ3) is 2.43. The quantitative estimate of drug-likeness (QED) is 0.924. The van der Waals surface area contributed by atoms with E-state index in [2.05, 4.69) is 4.98 Å². The van der Waals surface area contributed by atoms with Crippen LogP contribution < -0.4 is 4.74 Å². The SMILES string of the molecule is COc1cc(-c2cc(C(=O)O)ccc2Cl)ccn1. The number of hydrogen-bond donors (Lipinski definition) is 1. The van der Waals surface area contributed by atoms with Crippen molar-refractivity contribution in [2.24, 2.45) is 0 Å². The summed E-state index contributed by atoms with van der Waals surface area (Å²) in [6.45, 7) is 0. The zero-order valence-corrected chi connectivity index (χ0v) is 10.3. The lowest BCUT2D eigenvalue weighted by Gasteiger charge is -2.07. The van der Waals surface area contributed by atoms with Gasteiger partial charge in [0.25, 0.3) is 0 Å². The largest absolute Gasteiger partial charge is 0.481 e. The fourth-order valence-corrected chi connectivity index (χ4v) is 1.79. The number of halogens is 1. The van der Waals surface area contributed by atoms with Crippen LogP contribution in [0.25, 0.3) is 11.1 Å². The molecule has 1 aromatic heterocycles. The summed E-state index contributed by atoms with van der Waals surface area (Å²) in [4.78, 5) is 14.9. The molecule has 0 spiro atoms. The van der Waals surface area contributed by atoms with Crippen molar-refractivity contribution in [1.82, 2.24) is 4.98 Å². The van der Waals surface area contributed by atoms with Crippen LogP contribution in [0, 0.1) is 0 Å². The number of carboxylic acid groups (broad SMARTS) is 1. The molecule has 2 aromatic rings. The number of aromatic nitrogens is 1. The maximum Gasteiger partial charge on any atom is 0.335 e. The van der Waals surface area contributed by atoms with Crippen molar-refractivity contribution < 1.29 is 14.6 Å². The smallest absolute Gasteiger partial charge is 0.335 e. The highest BCUT2D eigenvalue weighted by Gasteiger charge is 2.09. The van der Waals surface area contributed by atoms with Gasteiger partial charge in [-0.3, -0.25) is 0 Å². The number of carbonyl (C=O) groups is 1. The van der Waals surface area contributed by atoms with Gasteiger partial charge in [0.05, 0.1) is 12.7 Å². The van der Waals surface area contributed by atoms with Crippen molar-refractivity contribution in [2.45, 2.75) is 0 Å². The Morgan fingerprint density at radius 2 is 2.11 bits per heavy atom. The molecule has 0 aliphatic heterocycles. The molecular formula is C13H10ClNO3. The van der Waals surface area contributed by atoms with E-state index in [4.69, 9.17) is 21.4 Å². The molecule has 92 valence electrons. The standard InChI is InChI=1S/C13H10ClNO3/c1-18-12-7-8(4-5-15-12)10-6-9(13(16)17)2-3-11(10)14/h2-7H,1H3,(H,16,17). The van der Waals surface area contributed by atoms with Crippen LogP contribution in [-0.4, -0.2) is 23.2 Å². The molecule has 4 nitrogen and oxygen atoms in total. The van der Waals surface area contributed by atoms with Gasteiger partial charge in [0, 0.05) is 22.8 Å². The Morgan fingerprint density at radius 3 is 2.78 bits per heavy atom. The molecule has 1 aromatic carbocycles. The van der Waals surface area contributed by atoms with Crippen molar-refractivity contribution in [3.63, 3.8) is 0 Å². The Morgan fingerprint density at radius 1 is 1.33 bits per heavy atom. The number of hydrogen-bond acceptors (Lipinski definition) is 3. The number of nitrogens with zero attached hydrogens (tertiary/aromatic N) is 1. The van der Waals surface area contributed by atoms with Crippen LogP contribution in [-0.2, 0) is 0 Å². The first-order valence-corrected chi connectivity index (χ1v) is 5.53. The zero-order chi connectivity index (χ0) is 13.1. The molecule has 5 heteroatoms. The fraction of sp³-hybridized carbons (Fsp3) is 0.0769. The molecule has 0 saturated heterocycles. The van der Waals surface area contributed by atoms with Gasteiger partial charge in [0.15, 0.2) is 0 Å². The minimum absolute atomic E-state index is 0.185. The van der Waals surface area contributed by atoms with Gasteiger partial charge < -0.3 is 9.84 Å². The maximum atomic E-state index is 10.9. The number of benzene rings is 1. The fourth-order valence-electron chi connectivity index (χ4n) is 1.57. The zero-order valence-electron chi connectivity index (χ0n) is 9.55. The third-order valence-corrected chi connectivity index (χ3v) is 2.80. The van der Waals surface area contributed by atoms with Gasteiger partial charge in [-0.2, -0.15) is 0 Å². The molecule has 0 amide bonds. The first-order chi connectivity index (χ1) is 8.61. The molecule has 1 N–H and O–H groups in total. The van der Waals surface area contributed by atoms with E-state index < -0.39 is 5.97 Å². The van der Waals surface area contributed by atoms with E-state index in [0.29, 0.717) is 16.5 Å². The molecule has 0 fully saturated rings. The normalized spacial score (nSPS) is 10.1. The van der Waals surface area contributed by atoms with Crippen LogP contribution in [0.3, 0.4) is 0 Å². The first kappa shape index (κ1) is 12.4. The van der Waals surface area contributed by atoms with Crippen LogP contribution in [0.2, 0.25) is 5.02 Å². The summed E-state index contributed by atoms with van der Waals surface area (Å²) >= 11 is 6.08. The summed E-state index contributed by atoms with van der Waals surface area (Å²) in [5.74, 6) is -0.543. The van der Waals surface area contributed by atoms with Crippen LogP contribution in [0.4, 0.5) is 0 Å². The van der Waals surface area contributed by atoms with Gasteiger partial charge in [-0.1, -0.05) is 11.6 Å². The lowest BCUT2D eigenvalue weighted by atomic mass is 10.0. The van der Waals surface area contributed by atoms with Gasteiger partial charge in [-0.05, 0) is 29.8 Å². The molecule has 0 unspecified atom stereocenters. The second-order valence-corrected chi connectivity index (χ2v) is 3.99. The number of ether oxygens (including phenoxy) is 1. The summed E-state index contributed by atoms with van der Waals surface area (Å²) < 4.78 is 5.02. The van der Waals surface area contributed by atoms with E-state index >= 15 is 0 Å². The minimum Gasteiger partial charge on any atom is -0.481 e. The summed E-state index contributed by atoms with van der Waals surface area (Å²) in [6.07, 6.45) is 1.58. The highest BCUT2D eigenvalue weighted by atomic mass is 35.5. The Labute approximate surface area is 109 Å². The molecule has 0 bridgehead atoms. The predicted molar refractivity (Wildman–Crippen MR) is 68.2 cm³/mol. The van der Waals surface area contributed by atoms with Gasteiger partial charge in [-0.25, -0.2) is 9.78 Å². The van der Waals surface area contributed by atoms with E-state index in [0.717, 1.165) is 5.56 Å². The van der Waals surface area contributed by atoms with Crippen molar-refractivity contribution in [3.8, 4) is 17.0 Å². The number of rotatable bonds is 3. The van der Waals surface area contributed by atoms with E-state index in [1.165, 1.54) is 19.2 Å². The highest BCUT2D eigenvalue weighted by molar-refractivity contribution is 6.33. The minimum atomic E-state index is -0.992. The first-order valence-electron chi connectivity index (χ1n) is 5.15. The van der Waals surface area contributed by atoms with Crippen LogP contribution in [0.15, 0.2) is 36.5 Å². The van der Waals surface area contributed by atoms with Crippen LogP contribution in [0.5, 0.6) is 5.88 Å². The maximum absolute atomic E-state index is 10.9. The van der Waals surface area contributed by atoms with E-state index in [1.807, 2.05) is 0 Å². The number of pyridine rings is 1. The molecule has 0 saturated carbocycles. The van der Waals surface area contributed by atoms with E-state index in [-0.39, 0.29) is 5.56 Å². The average Bonchev–Trinajstić information content (AvgIpc) is 2.39. The molecule has 0 aliphatic carbocycles. The van der Waals surface area contributed by atoms with Gasteiger partial charge in [-0.15, -0.1) is 0 Å². The lowest BCUT2D eigenvalue weighted by molar-refractivity contribution is 0.0697. The molecule has 0 atom stereocenters. The van der Waals surface area contributed by atoms with E-state index in [1.54, 1.807) is 24.4 Å². The highest BCUT2D eigenvalue weighted by Crippen LogP contribution is 2.30. The van der Waals surface area contributed by atoms with Crippen molar-refractivity contribution in [3.05, 3.63) is 47.1 Å². The lowest BCUT2D eigenvalue weighted by Crippen LogP contribution is -1.96. The van der Waals surface area contributed by atoms with Crippen LogP contribution in [0.1, 0.15) is 10.4 Å². The molecule has 1 heterocycles. The number of carboxylic acids is 1. The Hall–Kier alpha value is -2.07. The summed E-state index contributed by atoms with van der Waals surface area (Å²) in [5, 5.41) is 9.45. The summed E-state index contributed by atoms with van der Waals surface area (Å²) in [6, 6.07) is 8.00. The van der Waals surface area contributed by atoms with Crippen LogP contribution >= 0.6 is 11.6 Å². The summed E-state index contributed by atoms with van der Waals surface area (Å²) in [5.41, 5.74) is 1.58. The second kappa shape index (κ2) is 5.06. The molecular weight excluding hydrogens is 254 g/mol. The predicted octanol–water partition coefficient (Wildman–Crippen LogP) is 3.11. The second-order valence-electron chi connectivity index (χ2n) is 3.59. The molecule has 18 heavy (non-hydrogen) atoms.